The van der Waals surface area contributed by atoms with Crippen molar-refractivity contribution in [3.63, 3.8) is 0 Å². The van der Waals surface area contributed by atoms with Gasteiger partial charge in [0.05, 0.1) is 0 Å². The lowest BCUT2D eigenvalue weighted by Crippen LogP contribution is -2.21. The zero-order valence-corrected chi connectivity index (χ0v) is 14.2. The molecule has 0 aliphatic heterocycles. The number of hydrogen-bond donors (Lipinski definition) is 1. The fraction of sp³-hybridized carbons (Fsp3) is 0.389. The average molecular weight is 357 g/mol. The van der Waals surface area contributed by atoms with Crippen LogP contribution in [0.1, 0.15) is 35.6 Å². The number of benzene rings is 1. The largest absolute Gasteiger partial charge is 0.433 e. The highest BCUT2D eigenvalue weighted by Crippen LogP contribution is 2.38. The van der Waals surface area contributed by atoms with Crippen LogP contribution in [0.2, 0.25) is 0 Å². The van der Waals surface area contributed by atoms with Gasteiger partial charge in [-0.05, 0) is 66.6 Å². The van der Waals surface area contributed by atoms with Gasteiger partial charge in [0.25, 0.3) is 0 Å². The molecule has 1 aromatic carbocycles. The molecule has 1 unspecified atom stereocenters. The third-order valence-corrected chi connectivity index (χ3v) is 4.44. The molecule has 0 spiro atoms. The number of likely N-dealkylation sites (N-methyl/N-ethyl adjacent to an activating group) is 1. The Labute approximate surface area is 145 Å². The Hall–Kier alpha value is -1.59. The molecule has 0 bridgehead atoms. The molecule has 1 atom stereocenters. The highest BCUT2D eigenvalue weighted by Gasteiger charge is 2.32. The van der Waals surface area contributed by atoms with Crippen molar-refractivity contribution in [2.45, 2.75) is 31.4 Å². The second-order valence-electron chi connectivity index (χ2n) is 5.95. The van der Waals surface area contributed by atoms with Crippen molar-refractivity contribution in [3.05, 3.63) is 53.3 Å². The summed E-state index contributed by atoms with van der Waals surface area (Å²) >= 11 is 0. The molecule has 2 aromatic rings. The van der Waals surface area contributed by atoms with Crippen LogP contribution in [0.3, 0.4) is 0 Å². The Morgan fingerprint density at radius 2 is 2.04 bits per heavy atom. The van der Waals surface area contributed by atoms with E-state index < -0.39 is 11.9 Å². The fourth-order valence-electron chi connectivity index (χ4n) is 3.43. The lowest BCUT2D eigenvalue weighted by molar-refractivity contribution is -0.141. The highest BCUT2D eigenvalue weighted by molar-refractivity contribution is 5.85. The minimum Gasteiger partial charge on any atom is -0.319 e. The number of fused-ring (bicyclic) bond motifs is 1. The maximum absolute atomic E-state index is 12.9. The van der Waals surface area contributed by atoms with Gasteiger partial charge in [-0.1, -0.05) is 18.2 Å². The van der Waals surface area contributed by atoms with E-state index >= 15 is 0 Å². The molecule has 1 N–H and O–H groups in total. The first kappa shape index (κ1) is 18.7. The molecule has 1 aliphatic carbocycles. The molecule has 2 nitrogen and oxygen atoms in total. The topological polar surface area (TPSA) is 24.9 Å². The molecule has 24 heavy (non-hydrogen) atoms. The normalized spacial score (nSPS) is 17.1. The Morgan fingerprint density at radius 3 is 2.75 bits per heavy atom. The number of aromatic nitrogens is 1. The van der Waals surface area contributed by atoms with Crippen molar-refractivity contribution in [1.82, 2.24) is 10.3 Å². The molecule has 0 saturated heterocycles. The van der Waals surface area contributed by atoms with E-state index in [1.165, 1.54) is 17.3 Å². The van der Waals surface area contributed by atoms with E-state index in [-0.39, 0.29) is 12.4 Å². The second kappa shape index (κ2) is 7.53. The zero-order chi connectivity index (χ0) is 16.4. The summed E-state index contributed by atoms with van der Waals surface area (Å²) in [6.45, 7) is 0.889. The van der Waals surface area contributed by atoms with Crippen molar-refractivity contribution in [2.75, 3.05) is 13.6 Å². The van der Waals surface area contributed by atoms with E-state index in [0.29, 0.717) is 11.5 Å². The number of hydrogen-bond acceptors (Lipinski definition) is 2. The SMILES string of the molecule is CNCC1CCCc2c(-c3ccnc(C(F)(F)F)c3)cccc21.Cl. The van der Waals surface area contributed by atoms with Gasteiger partial charge in [-0.25, -0.2) is 0 Å². The zero-order valence-electron chi connectivity index (χ0n) is 13.4. The Morgan fingerprint density at radius 1 is 1.25 bits per heavy atom. The summed E-state index contributed by atoms with van der Waals surface area (Å²) in [4.78, 5) is 3.46. The second-order valence-corrected chi connectivity index (χ2v) is 5.95. The minimum atomic E-state index is -4.42. The fourth-order valence-corrected chi connectivity index (χ4v) is 3.43. The molecule has 1 heterocycles. The first-order valence-corrected chi connectivity index (χ1v) is 7.80. The summed E-state index contributed by atoms with van der Waals surface area (Å²) in [5.41, 5.74) is 3.09. The number of pyridine rings is 1. The first-order valence-electron chi connectivity index (χ1n) is 7.80. The van der Waals surface area contributed by atoms with Gasteiger partial charge in [-0.2, -0.15) is 13.2 Å². The standard InChI is InChI=1S/C18H19F3N2.ClH/c1-22-11-13-4-2-7-16-14(5-3-6-15(13)16)12-8-9-23-17(10-12)18(19,20)21;/h3,5-6,8-10,13,22H,2,4,7,11H2,1H3;1H. The number of rotatable bonds is 3. The Bertz CT molecular complexity index is 701. The Balaban J connectivity index is 0.00000208. The maximum Gasteiger partial charge on any atom is 0.433 e. The van der Waals surface area contributed by atoms with Gasteiger partial charge in [0.2, 0.25) is 0 Å². The summed E-state index contributed by atoms with van der Waals surface area (Å²) in [5.74, 6) is 0.424. The van der Waals surface area contributed by atoms with Gasteiger partial charge in [-0.15, -0.1) is 12.4 Å². The summed E-state index contributed by atoms with van der Waals surface area (Å²) in [6, 6.07) is 8.77. The van der Waals surface area contributed by atoms with E-state index in [2.05, 4.69) is 16.4 Å². The summed E-state index contributed by atoms with van der Waals surface area (Å²) < 4.78 is 38.7. The van der Waals surface area contributed by atoms with Gasteiger partial charge in [0.15, 0.2) is 0 Å². The molecule has 6 heteroatoms. The summed E-state index contributed by atoms with van der Waals surface area (Å²) in [7, 11) is 1.93. The average Bonchev–Trinajstić information content (AvgIpc) is 2.54. The van der Waals surface area contributed by atoms with Crippen molar-refractivity contribution in [3.8, 4) is 11.1 Å². The monoisotopic (exact) mass is 356 g/mol. The van der Waals surface area contributed by atoms with Crippen LogP contribution in [0.5, 0.6) is 0 Å². The predicted octanol–water partition coefficient (Wildman–Crippen LogP) is 4.83. The molecule has 0 fully saturated rings. The maximum atomic E-state index is 12.9. The number of alkyl halides is 3. The van der Waals surface area contributed by atoms with E-state index in [1.807, 2.05) is 19.2 Å². The van der Waals surface area contributed by atoms with Gasteiger partial charge in [0, 0.05) is 12.7 Å². The van der Waals surface area contributed by atoms with Gasteiger partial charge in [-0.3, -0.25) is 4.98 Å². The molecular weight excluding hydrogens is 337 g/mol. The van der Waals surface area contributed by atoms with E-state index in [0.717, 1.165) is 37.4 Å². The van der Waals surface area contributed by atoms with Gasteiger partial charge < -0.3 is 5.32 Å². The van der Waals surface area contributed by atoms with Crippen LogP contribution in [-0.4, -0.2) is 18.6 Å². The van der Waals surface area contributed by atoms with Crippen molar-refractivity contribution in [1.29, 1.82) is 0 Å². The van der Waals surface area contributed by atoms with Crippen molar-refractivity contribution in [2.24, 2.45) is 0 Å². The Kier molecular flexibility index (Phi) is 5.88. The van der Waals surface area contributed by atoms with Crippen LogP contribution < -0.4 is 5.32 Å². The van der Waals surface area contributed by atoms with Crippen molar-refractivity contribution < 1.29 is 13.2 Å². The lowest BCUT2D eigenvalue weighted by Gasteiger charge is -2.27. The van der Waals surface area contributed by atoms with E-state index in [4.69, 9.17) is 0 Å². The smallest absolute Gasteiger partial charge is 0.319 e. The molecule has 0 radical (unpaired) electrons. The van der Waals surface area contributed by atoms with Crippen LogP contribution in [0.15, 0.2) is 36.5 Å². The molecule has 3 rings (SSSR count). The third-order valence-electron chi connectivity index (χ3n) is 4.44. The first-order chi connectivity index (χ1) is 11.0. The van der Waals surface area contributed by atoms with E-state index in [1.54, 1.807) is 6.07 Å². The summed E-state index contributed by atoms with van der Waals surface area (Å²) in [5, 5.41) is 3.21. The van der Waals surface area contributed by atoms with Gasteiger partial charge >= 0.3 is 6.18 Å². The lowest BCUT2D eigenvalue weighted by atomic mass is 9.79. The predicted molar refractivity (Wildman–Crippen MR) is 91.5 cm³/mol. The molecule has 1 aliphatic rings. The molecule has 0 saturated carbocycles. The van der Waals surface area contributed by atoms with Crippen molar-refractivity contribution >= 4 is 12.4 Å². The molecular formula is C18H20ClF3N2. The minimum absolute atomic E-state index is 0. The summed E-state index contributed by atoms with van der Waals surface area (Å²) in [6.07, 6.45) is -0.0879. The molecule has 0 amide bonds. The van der Waals surface area contributed by atoms with Crippen LogP contribution in [-0.2, 0) is 12.6 Å². The number of nitrogens with one attached hydrogen (secondary N) is 1. The number of halogens is 4. The molecule has 1 aromatic heterocycles. The van der Waals surface area contributed by atoms with Crippen LogP contribution in [0.25, 0.3) is 11.1 Å². The van der Waals surface area contributed by atoms with Gasteiger partial charge in [0.1, 0.15) is 5.69 Å². The quantitative estimate of drug-likeness (QED) is 0.852. The molecule has 130 valence electrons. The number of nitrogens with zero attached hydrogens (tertiary/aromatic N) is 1. The van der Waals surface area contributed by atoms with Crippen LogP contribution in [0, 0.1) is 0 Å². The van der Waals surface area contributed by atoms with Crippen LogP contribution in [0.4, 0.5) is 13.2 Å². The van der Waals surface area contributed by atoms with Crippen LogP contribution >= 0.6 is 12.4 Å². The van der Waals surface area contributed by atoms with E-state index in [9.17, 15) is 13.2 Å². The highest BCUT2D eigenvalue weighted by atomic mass is 35.5. The third kappa shape index (κ3) is 3.73.